The highest BCUT2D eigenvalue weighted by molar-refractivity contribution is 5.62. The fraction of sp³-hybridized carbons (Fsp3) is 0.238. The molecule has 0 spiro atoms. The second-order valence-electron chi connectivity index (χ2n) is 7.07. The molecule has 0 unspecified atom stereocenters. The number of hydrogen-bond acceptors (Lipinski definition) is 5. The normalized spacial score (nSPS) is 11.0. The van der Waals surface area contributed by atoms with Gasteiger partial charge >= 0.3 is 5.69 Å². The second kappa shape index (κ2) is 7.38. The Hall–Kier alpha value is -3.68. The van der Waals surface area contributed by atoms with Gasteiger partial charge in [0.2, 0.25) is 0 Å². The average Bonchev–Trinajstić information content (AvgIpc) is 3.27. The van der Waals surface area contributed by atoms with Crippen LogP contribution in [0.25, 0.3) is 16.9 Å². The van der Waals surface area contributed by atoms with Crippen molar-refractivity contribution in [3.63, 3.8) is 0 Å². The van der Waals surface area contributed by atoms with Crippen molar-refractivity contribution in [3.05, 3.63) is 75.3 Å². The van der Waals surface area contributed by atoms with E-state index in [1.165, 1.54) is 9.36 Å². The molecule has 0 fully saturated rings. The Labute approximate surface area is 167 Å². The van der Waals surface area contributed by atoms with Gasteiger partial charge in [0, 0.05) is 23.9 Å². The van der Waals surface area contributed by atoms with Crippen LogP contribution in [0, 0.1) is 20.8 Å². The number of hydrogen-bond donors (Lipinski definition) is 1. The van der Waals surface area contributed by atoms with E-state index in [4.69, 9.17) is 4.74 Å². The SMILES string of the molecule is Cc1cc(-c2ccc(OCc3c(C)cccc3-n3nnn(C)c3=O)c(C)c2)n[nH]1. The minimum absolute atomic E-state index is 0.299. The van der Waals surface area contributed by atoms with Gasteiger partial charge in [0.15, 0.2) is 0 Å². The van der Waals surface area contributed by atoms with Crippen molar-refractivity contribution in [3.8, 4) is 22.7 Å². The number of benzene rings is 2. The van der Waals surface area contributed by atoms with Crippen LogP contribution >= 0.6 is 0 Å². The summed E-state index contributed by atoms with van der Waals surface area (Å²) in [5.41, 5.74) is 6.24. The molecule has 0 amide bonds. The highest BCUT2D eigenvalue weighted by Gasteiger charge is 2.14. The summed E-state index contributed by atoms with van der Waals surface area (Å²) in [5, 5.41) is 15.0. The Balaban J connectivity index is 1.61. The smallest absolute Gasteiger partial charge is 0.368 e. The molecular formula is C21H22N6O2. The number of aromatic amines is 1. The maximum atomic E-state index is 12.3. The standard InChI is InChI=1S/C21H22N6O2/c1-13-6-5-7-19(27-21(28)26(4)24-25-27)17(13)12-29-20-9-8-16(10-14(20)2)18-11-15(3)22-23-18/h5-11H,12H2,1-4H3,(H,22,23). The van der Waals surface area contributed by atoms with Gasteiger partial charge in [-0.15, -0.1) is 0 Å². The molecule has 2 aromatic heterocycles. The maximum absolute atomic E-state index is 12.3. The molecule has 0 saturated heterocycles. The van der Waals surface area contributed by atoms with Crippen molar-refractivity contribution in [1.82, 2.24) is 30.0 Å². The molecule has 148 valence electrons. The van der Waals surface area contributed by atoms with E-state index in [-0.39, 0.29) is 5.69 Å². The third kappa shape index (κ3) is 3.56. The number of tetrazole rings is 1. The summed E-state index contributed by atoms with van der Waals surface area (Å²) in [7, 11) is 1.57. The van der Waals surface area contributed by atoms with Gasteiger partial charge < -0.3 is 4.74 Å². The number of aromatic nitrogens is 6. The lowest BCUT2D eigenvalue weighted by Gasteiger charge is -2.14. The summed E-state index contributed by atoms with van der Waals surface area (Å²) >= 11 is 0. The fourth-order valence-electron chi connectivity index (χ4n) is 3.22. The van der Waals surface area contributed by atoms with E-state index in [1.807, 2.05) is 57.2 Å². The number of aryl methyl sites for hydroxylation is 4. The van der Waals surface area contributed by atoms with E-state index in [1.54, 1.807) is 7.05 Å². The monoisotopic (exact) mass is 390 g/mol. The van der Waals surface area contributed by atoms with Crippen molar-refractivity contribution in [2.45, 2.75) is 27.4 Å². The molecule has 0 radical (unpaired) electrons. The molecule has 0 atom stereocenters. The first kappa shape index (κ1) is 18.7. The Morgan fingerprint density at radius 2 is 1.86 bits per heavy atom. The lowest BCUT2D eigenvalue weighted by molar-refractivity contribution is 0.302. The van der Waals surface area contributed by atoms with Gasteiger partial charge in [0.05, 0.1) is 11.4 Å². The molecule has 0 aliphatic carbocycles. The Bertz CT molecular complexity index is 1230. The molecule has 2 heterocycles. The van der Waals surface area contributed by atoms with Crippen LogP contribution < -0.4 is 10.4 Å². The molecule has 2 aromatic carbocycles. The first-order valence-corrected chi connectivity index (χ1v) is 9.28. The van der Waals surface area contributed by atoms with E-state index < -0.39 is 0 Å². The van der Waals surface area contributed by atoms with Crippen LogP contribution in [0.5, 0.6) is 5.75 Å². The van der Waals surface area contributed by atoms with Crippen LogP contribution in [-0.4, -0.2) is 30.0 Å². The lowest BCUT2D eigenvalue weighted by atomic mass is 10.1. The lowest BCUT2D eigenvalue weighted by Crippen LogP contribution is -2.23. The summed E-state index contributed by atoms with van der Waals surface area (Å²) in [6.07, 6.45) is 0. The number of rotatable bonds is 5. The molecule has 29 heavy (non-hydrogen) atoms. The van der Waals surface area contributed by atoms with Crippen molar-refractivity contribution in [2.24, 2.45) is 7.05 Å². The van der Waals surface area contributed by atoms with Crippen LogP contribution in [0.2, 0.25) is 0 Å². The first-order valence-electron chi connectivity index (χ1n) is 9.28. The van der Waals surface area contributed by atoms with Crippen molar-refractivity contribution in [2.75, 3.05) is 0 Å². The highest BCUT2D eigenvalue weighted by Crippen LogP contribution is 2.27. The van der Waals surface area contributed by atoms with Gasteiger partial charge in [0.1, 0.15) is 12.4 Å². The van der Waals surface area contributed by atoms with Crippen LogP contribution in [0.4, 0.5) is 0 Å². The first-order chi connectivity index (χ1) is 13.9. The molecule has 8 heteroatoms. The quantitative estimate of drug-likeness (QED) is 0.566. The minimum atomic E-state index is -0.299. The maximum Gasteiger partial charge on any atom is 0.368 e. The summed E-state index contributed by atoms with van der Waals surface area (Å²) < 4.78 is 8.60. The average molecular weight is 390 g/mol. The van der Waals surface area contributed by atoms with Gasteiger partial charge in [0.25, 0.3) is 0 Å². The molecule has 8 nitrogen and oxygen atoms in total. The molecular weight excluding hydrogens is 368 g/mol. The third-order valence-corrected chi connectivity index (χ3v) is 4.88. The topological polar surface area (TPSA) is 90.6 Å². The zero-order valence-corrected chi connectivity index (χ0v) is 16.8. The Morgan fingerprint density at radius 1 is 1.03 bits per heavy atom. The molecule has 4 rings (SSSR count). The number of H-pyrrole nitrogens is 1. The molecule has 0 bridgehead atoms. The van der Waals surface area contributed by atoms with E-state index >= 15 is 0 Å². The number of ether oxygens (including phenoxy) is 1. The second-order valence-corrected chi connectivity index (χ2v) is 7.07. The third-order valence-electron chi connectivity index (χ3n) is 4.88. The summed E-state index contributed by atoms with van der Waals surface area (Å²) in [6, 6.07) is 13.7. The van der Waals surface area contributed by atoms with Gasteiger partial charge in [-0.3, -0.25) is 5.10 Å². The van der Waals surface area contributed by atoms with Crippen LogP contribution in [0.15, 0.2) is 47.3 Å². The van der Waals surface area contributed by atoms with E-state index in [0.29, 0.717) is 12.3 Å². The van der Waals surface area contributed by atoms with Gasteiger partial charge in [-0.2, -0.15) is 14.5 Å². The predicted molar refractivity (Wildman–Crippen MR) is 109 cm³/mol. The molecule has 1 N–H and O–H groups in total. The Kier molecular flexibility index (Phi) is 4.75. The minimum Gasteiger partial charge on any atom is -0.489 e. The predicted octanol–water partition coefficient (Wildman–Crippen LogP) is 2.86. The summed E-state index contributed by atoms with van der Waals surface area (Å²) in [4.78, 5) is 12.3. The molecule has 0 saturated carbocycles. The zero-order valence-electron chi connectivity index (χ0n) is 16.8. The molecule has 0 aliphatic rings. The van der Waals surface area contributed by atoms with Crippen LogP contribution in [0.3, 0.4) is 0 Å². The van der Waals surface area contributed by atoms with Crippen molar-refractivity contribution < 1.29 is 4.74 Å². The Morgan fingerprint density at radius 3 is 2.52 bits per heavy atom. The van der Waals surface area contributed by atoms with E-state index in [2.05, 4.69) is 26.7 Å². The van der Waals surface area contributed by atoms with Gasteiger partial charge in [-0.1, -0.05) is 12.1 Å². The number of nitrogens with one attached hydrogen (secondary N) is 1. The van der Waals surface area contributed by atoms with Crippen molar-refractivity contribution >= 4 is 0 Å². The summed E-state index contributed by atoms with van der Waals surface area (Å²) in [5.74, 6) is 0.779. The molecule has 0 aliphatic heterocycles. The fourth-order valence-corrected chi connectivity index (χ4v) is 3.22. The zero-order chi connectivity index (χ0) is 20.5. The van der Waals surface area contributed by atoms with Crippen molar-refractivity contribution in [1.29, 1.82) is 0 Å². The van der Waals surface area contributed by atoms with E-state index in [9.17, 15) is 4.79 Å². The van der Waals surface area contributed by atoms with Gasteiger partial charge in [-0.25, -0.2) is 4.79 Å². The van der Waals surface area contributed by atoms with Crippen LogP contribution in [-0.2, 0) is 13.7 Å². The van der Waals surface area contributed by atoms with E-state index in [0.717, 1.165) is 39.4 Å². The molecule has 4 aromatic rings. The highest BCUT2D eigenvalue weighted by atomic mass is 16.5. The number of nitrogens with zero attached hydrogens (tertiary/aromatic N) is 5. The van der Waals surface area contributed by atoms with Crippen LogP contribution in [0.1, 0.15) is 22.4 Å². The summed E-state index contributed by atoms with van der Waals surface area (Å²) in [6.45, 7) is 6.28. The van der Waals surface area contributed by atoms with Gasteiger partial charge in [-0.05, 0) is 72.7 Å². The largest absolute Gasteiger partial charge is 0.489 e.